The fourth-order valence-corrected chi connectivity index (χ4v) is 1.93. The van der Waals surface area contributed by atoms with Gasteiger partial charge < -0.3 is 0 Å². The van der Waals surface area contributed by atoms with Crippen molar-refractivity contribution in [3.63, 3.8) is 0 Å². The van der Waals surface area contributed by atoms with Crippen LogP contribution < -0.4 is 0 Å². The van der Waals surface area contributed by atoms with Crippen LogP contribution in [-0.4, -0.2) is 5.66 Å². The Hall–Kier alpha value is 0.430. The van der Waals surface area contributed by atoms with Gasteiger partial charge in [0, 0.05) is 0 Å². The van der Waals surface area contributed by atoms with Crippen molar-refractivity contribution < 1.29 is 0 Å². The van der Waals surface area contributed by atoms with E-state index in [9.17, 15) is 0 Å². The van der Waals surface area contributed by atoms with Gasteiger partial charge in [0.25, 0.3) is 0 Å². The summed E-state index contributed by atoms with van der Waals surface area (Å²) in [4.78, 5) is 0. The van der Waals surface area contributed by atoms with E-state index in [1.165, 1.54) is 44.9 Å². The first kappa shape index (κ1) is 13.4. The molecule has 0 saturated heterocycles. The highest BCUT2D eigenvalue weighted by Gasteiger charge is 2.04. The van der Waals surface area contributed by atoms with Gasteiger partial charge in [-0.25, -0.2) is 0 Å². The van der Waals surface area contributed by atoms with Gasteiger partial charge in [0.1, 0.15) is 0 Å². The summed E-state index contributed by atoms with van der Waals surface area (Å²) in [5.74, 6) is 0.925. The van der Waals surface area contributed by atoms with Crippen molar-refractivity contribution in [1.82, 2.24) is 0 Å². The van der Waals surface area contributed by atoms with E-state index in [1.54, 1.807) is 0 Å². The fourth-order valence-electron chi connectivity index (χ4n) is 1.50. The van der Waals surface area contributed by atoms with Gasteiger partial charge in [0.2, 0.25) is 0 Å². The molecule has 1 heteroatoms. The lowest BCUT2D eigenvalue weighted by molar-refractivity contribution is 0.477. The van der Waals surface area contributed by atoms with Crippen LogP contribution in [0, 0.1) is 5.92 Å². The lowest BCUT2D eigenvalue weighted by Crippen LogP contribution is -2.01. The molecular formula is C12H27P. The molecule has 0 aliphatic rings. The summed E-state index contributed by atoms with van der Waals surface area (Å²) in [6.07, 6.45) is 9.75. The summed E-state index contributed by atoms with van der Waals surface area (Å²) in [5, 5.41) is 0. The second-order valence-electron chi connectivity index (χ2n) is 4.35. The van der Waals surface area contributed by atoms with Gasteiger partial charge in [-0.3, -0.25) is 0 Å². The number of unbranched alkanes of at least 4 members (excludes halogenated alkanes) is 2. The largest absolute Gasteiger partial charge is 0.134 e. The van der Waals surface area contributed by atoms with Gasteiger partial charge in [-0.1, -0.05) is 52.9 Å². The van der Waals surface area contributed by atoms with Crippen LogP contribution in [0.2, 0.25) is 0 Å². The molecule has 0 saturated carbocycles. The van der Waals surface area contributed by atoms with Gasteiger partial charge in [0.05, 0.1) is 0 Å². The van der Waals surface area contributed by atoms with E-state index >= 15 is 0 Å². The summed E-state index contributed by atoms with van der Waals surface area (Å²) in [7, 11) is 3.02. The molecule has 0 bridgehead atoms. The molecule has 3 unspecified atom stereocenters. The zero-order valence-electron chi connectivity index (χ0n) is 9.68. The number of rotatable bonds is 8. The minimum Gasteiger partial charge on any atom is -0.134 e. The number of hydrogen-bond donors (Lipinski definition) is 0. The molecule has 0 radical (unpaired) electrons. The average molecular weight is 202 g/mol. The topological polar surface area (TPSA) is 0 Å². The van der Waals surface area contributed by atoms with Crippen LogP contribution in [0.1, 0.15) is 65.7 Å². The summed E-state index contributed by atoms with van der Waals surface area (Å²) < 4.78 is 0. The molecule has 0 amide bonds. The van der Waals surface area contributed by atoms with Gasteiger partial charge in [0.15, 0.2) is 0 Å². The lowest BCUT2D eigenvalue weighted by Gasteiger charge is -2.13. The Bertz CT molecular complexity index is 101. The Morgan fingerprint density at radius 3 is 2.23 bits per heavy atom. The van der Waals surface area contributed by atoms with Crippen molar-refractivity contribution in [3.05, 3.63) is 0 Å². The standard InChI is InChI=1S/C12H27P/c1-4-6-7-8-12(13)10-9-11(3)5-2/h11-12H,4-10,13H2,1-3H3. The van der Waals surface area contributed by atoms with Gasteiger partial charge in [-0.2, -0.15) is 0 Å². The molecule has 0 fully saturated rings. The second kappa shape index (κ2) is 9.00. The summed E-state index contributed by atoms with van der Waals surface area (Å²) in [5.41, 5.74) is 0.876. The zero-order valence-corrected chi connectivity index (χ0v) is 10.8. The highest BCUT2D eigenvalue weighted by molar-refractivity contribution is 7.17. The molecule has 13 heavy (non-hydrogen) atoms. The third-order valence-electron chi connectivity index (χ3n) is 2.91. The van der Waals surface area contributed by atoms with Crippen molar-refractivity contribution in [2.24, 2.45) is 5.92 Å². The predicted molar refractivity (Wildman–Crippen MR) is 66.3 cm³/mol. The molecular weight excluding hydrogens is 175 g/mol. The van der Waals surface area contributed by atoms with Gasteiger partial charge in [-0.05, 0) is 24.4 Å². The third kappa shape index (κ3) is 8.75. The predicted octanol–water partition coefficient (Wildman–Crippen LogP) is 4.64. The zero-order chi connectivity index (χ0) is 10.1. The number of hydrogen-bond acceptors (Lipinski definition) is 0. The molecule has 0 spiro atoms. The maximum Gasteiger partial charge on any atom is -0.0264 e. The third-order valence-corrected chi connectivity index (χ3v) is 3.57. The first-order valence-corrected chi connectivity index (χ1v) is 6.62. The van der Waals surface area contributed by atoms with E-state index < -0.39 is 0 Å². The Balaban J connectivity index is 3.24. The highest BCUT2D eigenvalue weighted by Crippen LogP contribution is 2.20. The SMILES string of the molecule is CCCCCC(P)CCC(C)CC. The Morgan fingerprint density at radius 1 is 1.00 bits per heavy atom. The lowest BCUT2D eigenvalue weighted by atomic mass is 9.99. The summed E-state index contributed by atoms with van der Waals surface area (Å²) in [6, 6.07) is 0. The van der Waals surface area contributed by atoms with Crippen LogP contribution in [0.25, 0.3) is 0 Å². The van der Waals surface area contributed by atoms with Crippen molar-refractivity contribution >= 4 is 9.24 Å². The van der Waals surface area contributed by atoms with E-state index in [4.69, 9.17) is 0 Å². The van der Waals surface area contributed by atoms with Crippen LogP contribution in [0.15, 0.2) is 0 Å². The summed E-state index contributed by atoms with van der Waals surface area (Å²) in [6.45, 7) is 6.93. The average Bonchev–Trinajstić information content (AvgIpc) is 2.14. The van der Waals surface area contributed by atoms with Crippen molar-refractivity contribution in [1.29, 1.82) is 0 Å². The molecule has 80 valence electrons. The minimum absolute atomic E-state index is 0.876. The van der Waals surface area contributed by atoms with Crippen LogP contribution >= 0.6 is 9.24 Å². The maximum atomic E-state index is 3.02. The van der Waals surface area contributed by atoms with Crippen molar-refractivity contribution in [3.8, 4) is 0 Å². The molecule has 0 heterocycles. The fraction of sp³-hybridized carbons (Fsp3) is 1.00. The molecule has 0 aromatic carbocycles. The first-order chi connectivity index (χ1) is 6.20. The van der Waals surface area contributed by atoms with Gasteiger partial charge in [-0.15, -0.1) is 9.24 Å². The molecule has 0 nitrogen and oxygen atoms in total. The Kier molecular flexibility index (Phi) is 9.30. The smallest absolute Gasteiger partial charge is 0.0264 e. The molecule has 0 N–H and O–H groups in total. The van der Waals surface area contributed by atoms with E-state index in [0.717, 1.165) is 11.6 Å². The summed E-state index contributed by atoms with van der Waals surface area (Å²) >= 11 is 0. The Morgan fingerprint density at radius 2 is 1.69 bits per heavy atom. The maximum absolute atomic E-state index is 3.02. The molecule has 0 aliphatic heterocycles. The first-order valence-electron chi connectivity index (χ1n) is 5.96. The quantitative estimate of drug-likeness (QED) is 0.397. The molecule has 0 aliphatic carbocycles. The van der Waals surface area contributed by atoms with E-state index in [-0.39, 0.29) is 0 Å². The molecule has 0 aromatic rings. The van der Waals surface area contributed by atoms with Gasteiger partial charge >= 0.3 is 0 Å². The second-order valence-corrected chi connectivity index (χ2v) is 5.29. The van der Waals surface area contributed by atoms with E-state index in [1.807, 2.05) is 0 Å². The highest BCUT2D eigenvalue weighted by atomic mass is 31.0. The molecule has 0 rings (SSSR count). The molecule has 0 aromatic heterocycles. The minimum atomic E-state index is 0.876. The van der Waals surface area contributed by atoms with Crippen LogP contribution in [0.5, 0.6) is 0 Å². The monoisotopic (exact) mass is 202 g/mol. The van der Waals surface area contributed by atoms with E-state index in [0.29, 0.717) is 0 Å². The van der Waals surface area contributed by atoms with Crippen molar-refractivity contribution in [2.75, 3.05) is 0 Å². The normalized spacial score (nSPS) is 15.7. The van der Waals surface area contributed by atoms with E-state index in [2.05, 4.69) is 30.0 Å². The van der Waals surface area contributed by atoms with Crippen LogP contribution in [0.3, 0.4) is 0 Å². The molecule has 3 atom stereocenters. The van der Waals surface area contributed by atoms with Crippen LogP contribution in [0.4, 0.5) is 0 Å². The Labute approximate surface area is 87.1 Å². The van der Waals surface area contributed by atoms with Crippen LogP contribution in [-0.2, 0) is 0 Å². The van der Waals surface area contributed by atoms with Crippen molar-refractivity contribution in [2.45, 2.75) is 71.4 Å².